The number of pyridine rings is 1. The van der Waals surface area contributed by atoms with E-state index in [0.717, 1.165) is 85.5 Å². The lowest BCUT2D eigenvalue weighted by Gasteiger charge is -2.48. The highest BCUT2D eigenvalue weighted by Crippen LogP contribution is 2.51. The van der Waals surface area contributed by atoms with Gasteiger partial charge in [0.1, 0.15) is 11.7 Å². The molecule has 1 atom stereocenters. The Balaban J connectivity index is 1.16. The Hall–Kier alpha value is -3.04. The second-order valence-electron chi connectivity index (χ2n) is 13.6. The van der Waals surface area contributed by atoms with Crippen molar-refractivity contribution in [1.29, 1.82) is 0 Å². The van der Waals surface area contributed by atoms with Crippen molar-refractivity contribution in [1.82, 2.24) is 24.8 Å². The predicted molar refractivity (Wildman–Crippen MR) is 164 cm³/mol. The molecule has 1 amide bonds. The maximum atomic E-state index is 14.4. The van der Waals surface area contributed by atoms with Crippen LogP contribution in [0.2, 0.25) is 0 Å². The highest BCUT2D eigenvalue weighted by atomic mass is 19.1. The summed E-state index contributed by atoms with van der Waals surface area (Å²) in [5.41, 5.74) is 5.67. The van der Waals surface area contributed by atoms with Gasteiger partial charge < -0.3 is 20.1 Å². The molecule has 4 fully saturated rings. The Labute approximate surface area is 247 Å². The molecule has 2 saturated heterocycles. The van der Waals surface area contributed by atoms with Gasteiger partial charge in [-0.1, -0.05) is 12.1 Å². The number of hydrogen-bond donors (Lipinski definition) is 2. The van der Waals surface area contributed by atoms with Gasteiger partial charge in [0, 0.05) is 42.0 Å². The van der Waals surface area contributed by atoms with E-state index >= 15 is 0 Å². The first-order valence-corrected chi connectivity index (χ1v) is 16.1. The monoisotopic (exact) mass is 571 g/mol. The molecular formula is C33H42FN7O. The Morgan fingerprint density at radius 3 is 2.64 bits per heavy atom. The van der Waals surface area contributed by atoms with E-state index in [4.69, 9.17) is 9.97 Å². The van der Waals surface area contributed by atoms with E-state index < -0.39 is 11.6 Å². The van der Waals surface area contributed by atoms with Crippen molar-refractivity contribution in [2.45, 2.75) is 101 Å². The van der Waals surface area contributed by atoms with Gasteiger partial charge in [0.05, 0.1) is 23.0 Å². The molecule has 8 nitrogen and oxygen atoms in total. The third-order valence-electron chi connectivity index (χ3n) is 10.5. The van der Waals surface area contributed by atoms with Crippen molar-refractivity contribution in [3.8, 4) is 11.3 Å². The molecule has 3 aliphatic heterocycles. The Morgan fingerprint density at radius 1 is 1.10 bits per heavy atom. The Bertz CT molecular complexity index is 1520. The number of anilines is 2. The molecule has 9 heteroatoms. The molecule has 2 aromatic heterocycles. The van der Waals surface area contributed by atoms with Gasteiger partial charge in [0.25, 0.3) is 0 Å². The third-order valence-corrected chi connectivity index (χ3v) is 10.5. The number of piperidine rings is 2. The maximum Gasteiger partial charge on any atom is 0.238 e. The van der Waals surface area contributed by atoms with Crippen LogP contribution in [0.3, 0.4) is 0 Å². The number of halogens is 1. The zero-order chi connectivity index (χ0) is 28.6. The first kappa shape index (κ1) is 26.6. The number of rotatable bonds is 6. The molecule has 0 bridgehead atoms. The van der Waals surface area contributed by atoms with Gasteiger partial charge in [0.15, 0.2) is 5.82 Å². The molecule has 5 heterocycles. The topological polar surface area (TPSA) is 78.3 Å². The molecule has 42 heavy (non-hydrogen) atoms. The van der Waals surface area contributed by atoms with E-state index in [0.29, 0.717) is 25.0 Å². The van der Waals surface area contributed by atoms with E-state index in [2.05, 4.69) is 63.1 Å². The van der Waals surface area contributed by atoms with Crippen LogP contribution in [0.25, 0.3) is 22.3 Å². The van der Waals surface area contributed by atoms with Gasteiger partial charge in [-0.25, -0.2) is 14.4 Å². The Morgan fingerprint density at radius 2 is 1.90 bits per heavy atom. The molecule has 8 rings (SSSR count). The Kier molecular flexibility index (Phi) is 6.34. The van der Waals surface area contributed by atoms with Crippen LogP contribution in [0.1, 0.15) is 76.8 Å². The first-order valence-electron chi connectivity index (χ1n) is 16.1. The quantitative estimate of drug-likeness (QED) is 0.424. The highest BCUT2D eigenvalue weighted by molar-refractivity contribution is 6.09. The van der Waals surface area contributed by atoms with Crippen LogP contribution in [0.15, 0.2) is 30.6 Å². The van der Waals surface area contributed by atoms with Gasteiger partial charge in [-0.3, -0.25) is 9.69 Å². The fraction of sp³-hybridized carbons (Fsp3) is 0.606. The van der Waals surface area contributed by atoms with Crippen molar-refractivity contribution < 1.29 is 9.18 Å². The molecular weight excluding hydrogens is 529 g/mol. The average molecular weight is 572 g/mol. The predicted octanol–water partition coefficient (Wildman–Crippen LogP) is 5.19. The van der Waals surface area contributed by atoms with Crippen molar-refractivity contribution in [3.05, 3.63) is 36.2 Å². The van der Waals surface area contributed by atoms with E-state index in [9.17, 15) is 9.18 Å². The number of carbonyl (C=O) groups excluding carboxylic acids is 1. The number of benzene rings is 1. The molecule has 3 aromatic rings. The van der Waals surface area contributed by atoms with E-state index in [-0.39, 0.29) is 18.0 Å². The fourth-order valence-corrected chi connectivity index (χ4v) is 7.92. The van der Waals surface area contributed by atoms with E-state index in [1.807, 2.05) is 6.33 Å². The van der Waals surface area contributed by atoms with Gasteiger partial charge >= 0.3 is 0 Å². The minimum Gasteiger partial charge on any atom is -0.366 e. The van der Waals surface area contributed by atoms with E-state index in [1.165, 1.54) is 18.4 Å². The number of nitrogens with zero attached hydrogens (tertiary/aromatic N) is 5. The number of amides is 1. The van der Waals surface area contributed by atoms with Gasteiger partial charge in [0.2, 0.25) is 5.91 Å². The number of aromatic nitrogens is 3. The van der Waals surface area contributed by atoms with Crippen LogP contribution in [-0.2, 0) is 10.2 Å². The summed E-state index contributed by atoms with van der Waals surface area (Å²) in [6.45, 7) is 7.56. The molecule has 1 spiro atoms. The molecule has 2 saturated carbocycles. The minimum absolute atomic E-state index is 0.162. The number of fused-ring (bicyclic) bond motifs is 3. The summed E-state index contributed by atoms with van der Waals surface area (Å²) in [6, 6.07) is 9.96. The third kappa shape index (κ3) is 4.26. The largest absolute Gasteiger partial charge is 0.366 e. The van der Waals surface area contributed by atoms with Crippen molar-refractivity contribution in [3.63, 3.8) is 0 Å². The lowest BCUT2D eigenvalue weighted by atomic mass is 9.74. The SMILES string of the molecule is CC(C)n1cnc2cc(-c3ccc4c(c3)N(C3CC(N5CCC[C@@H](F)C5)C3)C(=O)C43CCNCC3)nc(NC3CC3)c21. The average Bonchev–Trinajstić information content (AvgIpc) is 3.63. The smallest absolute Gasteiger partial charge is 0.238 e. The van der Waals surface area contributed by atoms with Gasteiger partial charge in [-0.2, -0.15) is 0 Å². The fourth-order valence-electron chi connectivity index (χ4n) is 7.92. The van der Waals surface area contributed by atoms with Gasteiger partial charge in [-0.05, 0) is 103 Å². The molecule has 0 radical (unpaired) electrons. The normalized spacial score (nSPS) is 27.6. The summed E-state index contributed by atoms with van der Waals surface area (Å²) < 4.78 is 16.4. The molecule has 1 aromatic carbocycles. The summed E-state index contributed by atoms with van der Waals surface area (Å²) in [5, 5.41) is 7.13. The highest BCUT2D eigenvalue weighted by Gasteiger charge is 2.55. The van der Waals surface area contributed by atoms with E-state index in [1.54, 1.807) is 0 Å². The molecule has 2 N–H and O–H groups in total. The molecule has 2 aliphatic carbocycles. The first-order chi connectivity index (χ1) is 20.4. The van der Waals surface area contributed by atoms with Crippen LogP contribution >= 0.6 is 0 Å². The van der Waals surface area contributed by atoms with Crippen LogP contribution in [-0.4, -0.2) is 75.8 Å². The number of alkyl halides is 1. The molecule has 222 valence electrons. The number of imidazole rings is 1. The molecule has 0 unspecified atom stereocenters. The lowest BCUT2D eigenvalue weighted by Crippen LogP contribution is -2.59. The molecule has 5 aliphatic rings. The summed E-state index contributed by atoms with van der Waals surface area (Å²) in [7, 11) is 0. The summed E-state index contributed by atoms with van der Waals surface area (Å²) in [4.78, 5) is 28.8. The second kappa shape index (κ2) is 10.0. The van der Waals surface area contributed by atoms with Crippen molar-refractivity contribution >= 4 is 28.4 Å². The van der Waals surface area contributed by atoms with Crippen molar-refractivity contribution in [2.75, 3.05) is 36.4 Å². The zero-order valence-corrected chi connectivity index (χ0v) is 24.8. The van der Waals surface area contributed by atoms with Crippen LogP contribution < -0.4 is 15.5 Å². The van der Waals surface area contributed by atoms with Gasteiger partial charge in [-0.15, -0.1) is 0 Å². The second-order valence-corrected chi connectivity index (χ2v) is 13.6. The number of hydrogen-bond acceptors (Lipinski definition) is 6. The number of likely N-dealkylation sites (tertiary alicyclic amines) is 1. The standard InChI is InChI=1S/C33H42FN7O/c1-20(2)40-19-36-28-17-27(38-31(30(28)40)37-23-6-7-23)21-5-8-26-29(14-21)41(32(42)33(26)9-11-35-12-10-33)25-15-24(16-25)39-13-3-4-22(34)18-39/h5,8,14,17,19-20,22-25,35H,3-4,6-7,9-13,15-16,18H2,1-2H3,(H,37,38)/t22-,24?,25?/m1/s1. The summed E-state index contributed by atoms with van der Waals surface area (Å²) in [6.07, 6.45) is 8.64. The number of carbonyl (C=O) groups is 1. The van der Waals surface area contributed by atoms with Crippen LogP contribution in [0.5, 0.6) is 0 Å². The minimum atomic E-state index is -0.719. The van der Waals surface area contributed by atoms with Crippen LogP contribution in [0, 0.1) is 0 Å². The maximum absolute atomic E-state index is 14.4. The number of nitrogens with one attached hydrogen (secondary N) is 2. The summed E-state index contributed by atoms with van der Waals surface area (Å²) >= 11 is 0. The lowest BCUT2D eigenvalue weighted by molar-refractivity contribution is -0.125. The van der Waals surface area contributed by atoms with Crippen LogP contribution in [0.4, 0.5) is 15.9 Å². The zero-order valence-electron chi connectivity index (χ0n) is 24.8. The summed E-state index contributed by atoms with van der Waals surface area (Å²) in [5.74, 6) is 1.16. The van der Waals surface area contributed by atoms with Crippen molar-refractivity contribution in [2.24, 2.45) is 0 Å².